The van der Waals surface area contributed by atoms with Crippen molar-refractivity contribution in [3.63, 3.8) is 0 Å². The smallest absolute Gasteiger partial charge is 0.308 e. The fourth-order valence-electron chi connectivity index (χ4n) is 2.37. The first kappa shape index (κ1) is 24.6. The van der Waals surface area contributed by atoms with Crippen LogP contribution < -0.4 is 0 Å². The van der Waals surface area contributed by atoms with Crippen LogP contribution >= 0.6 is 22.4 Å². The highest BCUT2D eigenvalue weighted by atomic mass is 35.5. The van der Waals surface area contributed by atoms with Crippen molar-refractivity contribution in [3.05, 3.63) is 46.3 Å². The third-order valence-corrected chi connectivity index (χ3v) is 6.28. The first-order chi connectivity index (χ1) is 14.4. The summed E-state index contributed by atoms with van der Waals surface area (Å²) in [4.78, 5) is 23.2. The van der Waals surface area contributed by atoms with Gasteiger partial charge in [0.2, 0.25) is 0 Å². The summed E-state index contributed by atoms with van der Waals surface area (Å²) >= 11 is 5.62. The number of esters is 1. The van der Waals surface area contributed by atoms with Crippen molar-refractivity contribution in [1.82, 2.24) is 4.31 Å². The Labute approximate surface area is 182 Å². The van der Waals surface area contributed by atoms with E-state index in [2.05, 4.69) is 0 Å². The molecule has 1 amide bonds. The van der Waals surface area contributed by atoms with Gasteiger partial charge in [0.25, 0.3) is 5.91 Å². The molecule has 9 nitrogen and oxygen atoms in total. The predicted octanol–water partition coefficient (Wildman–Crippen LogP) is 2.76. The van der Waals surface area contributed by atoms with Crippen LogP contribution in [0.25, 0.3) is 0 Å². The molecule has 1 heterocycles. The largest absolute Gasteiger partial charge is 0.461 e. The van der Waals surface area contributed by atoms with Gasteiger partial charge in [-0.2, -0.15) is 0 Å². The Balaban J connectivity index is 1.38. The predicted molar refractivity (Wildman–Crippen MR) is 112 cm³/mol. The van der Waals surface area contributed by atoms with E-state index in [1.54, 1.807) is 0 Å². The summed E-state index contributed by atoms with van der Waals surface area (Å²) in [6, 6.07) is 9.44. The van der Waals surface area contributed by atoms with Crippen molar-refractivity contribution in [3.8, 4) is 0 Å². The molecule has 1 aliphatic rings. The highest BCUT2D eigenvalue weighted by Crippen LogP contribution is 2.56. The lowest BCUT2D eigenvalue weighted by Gasteiger charge is -2.36. The van der Waals surface area contributed by atoms with Gasteiger partial charge >= 0.3 is 5.97 Å². The second-order valence-electron chi connectivity index (χ2n) is 6.14. The number of hydrogen-bond donors (Lipinski definition) is 2. The van der Waals surface area contributed by atoms with Crippen LogP contribution in [0.15, 0.2) is 40.8 Å². The number of benzene rings is 1. The van der Waals surface area contributed by atoms with Gasteiger partial charge in [0.1, 0.15) is 6.61 Å². The number of rotatable bonds is 14. The molecule has 0 unspecified atom stereocenters. The average Bonchev–Trinajstić information content (AvgIpc) is 2.92. The third-order valence-electron chi connectivity index (χ3n) is 3.93. The maximum absolute atomic E-state index is 11.6. The van der Waals surface area contributed by atoms with Gasteiger partial charge < -0.3 is 18.9 Å². The quantitative estimate of drug-likeness (QED) is 0.319. The zero-order valence-corrected chi connectivity index (χ0v) is 18.0. The average molecular weight is 464 g/mol. The van der Waals surface area contributed by atoms with Crippen molar-refractivity contribution >= 4 is 34.3 Å². The van der Waals surface area contributed by atoms with E-state index in [-0.39, 0.29) is 49.7 Å². The highest BCUT2D eigenvalue weighted by Gasteiger charge is 2.36. The first-order valence-corrected chi connectivity index (χ1v) is 11.2. The minimum absolute atomic E-state index is 0.0113. The van der Waals surface area contributed by atoms with Crippen LogP contribution in [0.4, 0.5) is 0 Å². The lowest BCUT2D eigenvalue weighted by Crippen LogP contribution is -2.31. The molecule has 1 aromatic carbocycles. The van der Waals surface area contributed by atoms with E-state index < -0.39 is 16.7 Å². The summed E-state index contributed by atoms with van der Waals surface area (Å²) in [6.07, 6.45) is 1.16. The van der Waals surface area contributed by atoms with Crippen molar-refractivity contribution in [1.29, 1.82) is 0 Å². The second kappa shape index (κ2) is 12.9. The van der Waals surface area contributed by atoms with Gasteiger partial charge in [-0.25, -0.2) is 4.31 Å². The molecule has 2 rings (SSSR count). The summed E-state index contributed by atoms with van der Waals surface area (Å²) in [5.41, 5.74) is 0.933. The summed E-state index contributed by atoms with van der Waals surface area (Å²) < 4.78 is 41.2. The van der Waals surface area contributed by atoms with Crippen LogP contribution in [0.3, 0.4) is 0 Å². The number of nitrogens with zero attached hydrogens (tertiary/aromatic N) is 1. The molecule has 0 saturated heterocycles. The van der Waals surface area contributed by atoms with Crippen molar-refractivity contribution < 1.29 is 37.6 Å². The Morgan fingerprint density at radius 3 is 2.17 bits per heavy atom. The summed E-state index contributed by atoms with van der Waals surface area (Å²) in [6.45, 7) is 1.88. The molecule has 0 fully saturated rings. The zero-order chi connectivity index (χ0) is 21.8. The highest BCUT2D eigenvalue weighted by molar-refractivity contribution is 8.27. The molecule has 0 aromatic heterocycles. The molecule has 11 heteroatoms. The first-order valence-electron chi connectivity index (χ1n) is 9.31. The zero-order valence-electron chi connectivity index (χ0n) is 16.4. The van der Waals surface area contributed by atoms with Crippen LogP contribution in [0.2, 0.25) is 0 Å². The molecule has 30 heavy (non-hydrogen) atoms. The molecule has 1 aliphatic heterocycles. The second-order valence-corrected chi connectivity index (χ2v) is 8.69. The van der Waals surface area contributed by atoms with E-state index in [4.69, 9.17) is 30.5 Å². The normalized spacial score (nSPS) is 16.4. The maximum Gasteiger partial charge on any atom is 0.308 e. The van der Waals surface area contributed by atoms with Gasteiger partial charge in [-0.3, -0.25) is 18.7 Å². The van der Waals surface area contributed by atoms with Crippen molar-refractivity contribution in [2.45, 2.75) is 13.0 Å². The van der Waals surface area contributed by atoms with E-state index in [1.807, 2.05) is 30.3 Å². The summed E-state index contributed by atoms with van der Waals surface area (Å²) in [7, 11) is -3.40. The lowest BCUT2D eigenvalue weighted by molar-refractivity contribution is -0.146. The molecule has 0 saturated carbocycles. The van der Waals surface area contributed by atoms with Crippen LogP contribution in [0.1, 0.15) is 12.0 Å². The van der Waals surface area contributed by atoms with Gasteiger partial charge in [-0.1, -0.05) is 52.7 Å². The number of hydrogen-bond acceptors (Lipinski definition) is 8. The third kappa shape index (κ3) is 8.23. The van der Waals surface area contributed by atoms with Crippen LogP contribution in [0.5, 0.6) is 0 Å². The molecule has 168 valence electrons. The Hall–Kier alpha value is -1.66. The standard InChI is InChI=1S/C19H26ClNO8S/c20-17-14-18(22)21(30(17,24)25)7-9-27-11-13-28-12-10-26-8-6-19(23)29-15-16-4-2-1-3-5-16/h1-5,14,24-25H,6-13,15H2. The molecular formula is C19H26ClNO8S. The number of carbonyl (C=O) groups is 2. The molecule has 0 bridgehead atoms. The van der Waals surface area contributed by atoms with Gasteiger partial charge in [0.05, 0.1) is 52.6 Å². The Morgan fingerprint density at radius 1 is 0.967 bits per heavy atom. The van der Waals surface area contributed by atoms with E-state index in [1.165, 1.54) is 0 Å². The molecule has 0 aliphatic carbocycles. The van der Waals surface area contributed by atoms with Gasteiger partial charge in [0.15, 0.2) is 4.36 Å². The fraction of sp³-hybridized carbons (Fsp3) is 0.474. The topological polar surface area (TPSA) is 115 Å². The Morgan fingerprint density at radius 2 is 1.57 bits per heavy atom. The minimum atomic E-state index is -3.40. The van der Waals surface area contributed by atoms with Gasteiger partial charge in [-0.15, -0.1) is 0 Å². The summed E-state index contributed by atoms with van der Waals surface area (Å²) in [5.74, 6) is -0.876. The summed E-state index contributed by atoms with van der Waals surface area (Å²) in [5, 5.41) is 0. The van der Waals surface area contributed by atoms with E-state index >= 15 is 0 Å². The maximum atomic E-state index is 11.6. The number of carbonyl (C=O) groups excluding carboxylic acids is 2. The lowest BCUT2D eigenvalue weighted by atomic mass is 10.2. The van der Waals surface area contributed by atoms with Crippen LogP contribution in [0, 0.1) is 0 Å². The number of halogens is 1. The van der Waals surface area contributed by atoms with E-state index in [9.17, 15) is 18.7 Å². The molecule has 1 aromatic rings. The minimum Gasteiger partial charge on any atom is -0.461 e. The number of ether oxygens (including phenoxy) is 4. The Bertz CT molecular complexity index is 716. The molecule has 0 radical (unpaired) electrons. The van der Waals surface area contributed by atoms with Gasteiger partial charge in [0, 0.05) is 6.08 Å². The monoisotopic (exact) mass is 463 g/mol. The molecule has 2 N–H and O–H groups in total. The Kier molecular flexibility index (Phi) is 10.6. The van der Waals surface area contributed by atoms with Crippen LogP contribution in [-0.4, -0.2) is 71.5 Å². The fourth-order valence-corrected chi connectivity index (χ4v) is 3.82. The van der Waals surface area contributed by atoms with Crippen LogP contribution in [-0.2, 0) is 35.1 Å². The van der Waals surface area contributed by atoms with Crippen molar-refractivity contribution in [2.75, 3.05) is 46.2 Å². The van der Waals surface area contributed by atoms with Crippen molar-refractivity contribution in [2.24, 2.45) is 0 Å². The molecular weight excluding hydrogens is 438 g/mol. The molecule has 0 atom stereocenters. The molecule has 0 spiro atoms. The number of amides is 1. The van der Waals surface area contributed by atoms with E-state index in [0.29, 0.717) is 19.8 Å². The van der Waals surface area contributed by atoms with E-state index in [0.717, 1.165) is 15.9 Å². The van der Waals surface area contributed by atoms with Gasteiger partial charge in [-0.05, 0) is 5.56 Å². The SMILES string of the molecule is O=C(CCOCCOCCOCCN1C(=O)C=C(Cl)S1(O)O)OCc1ccccc1.